The molecule has 0 aromatic carbocycles. The summed E-state index contributed by atoms with van der Waals surface area (Å²) in [5.74, 6) is -1.01. The van der Waals surface area contributed by atoms with E-state index in [1.54, 1.807) is 20.8 Å². The first-order valence-corrected chi connectivity index (χ1v) is 6.15. The van der Waals surface area contributed by atoms with Gasteiger partial charge in [0.25, 0.3) is 0 Å². The standard InChI is InChI=1S/C12H22N2O4/c1-5-14-7-6-12(8-14,9(15)16)13-10(17)18-11(2,3)4/h5-8H2,1-4H3,(H,13,17)(H,15,16). The average molecular weight is 258 g/mol. The van der Waals surface area contributed by atoms with Crippen LogP contribution in [0.4, 0.5) is 4.79 Å². The van der Waals surface area contributed by atoms with Gasteiger partial charge in [-0.25, -0.2) is 9.59 Å². The lowest BCUT2D eigenvalue weighted by Crippen LogP contribution is -2.57. The highest BCUT2D eigenvalue weighted by atomic mass is 16.6. The minimum atomic E-state index is -1.22. The van der Waals surface area contributed by atoms with Crippen molar-refractivity contribution in [3.63, 3.8) is 0 Å². The van der Waals surface area contributed by atoms with Crippen LogP contribution in [0.2, 0.25) is 0 Å². The Morgan fingerprint density at radius 3 is 2.44 bits per heavy atom. The summed E-state index contributed by atoms with van der Waals surface area (Å²) in [6.45, 7) is 8.94. The topological polar surface area (TPSA) is 78.9 Å². The van der Waals surface area contributed by atoms with Crippen molar-refractivity contribution >= 4 is 12.1 Å². The second-order valence-corrected chi connectivity index (χ2v) is 5.63. The molecule has 6 heteroatoms. The van der Waals surface area contributed by atoms with Gasteiger partial charge in [-0.1, -0.05) is 6.92 Å². The summed E-state index contributed by atoms with van der Waals surface area (Å²) < 4.78 is 5.11. The number of rotatable bonds is 3. The lowest BCUT2D eigenvalue weighted by atomic mass is 9.99. The van der Waals surface area contributed by atoms with E-state index in [4.69, 9.17) is 4.74 Å². The predicted octanol–water partition coefficient (Wildman–Crippen LogP) is 1.06. The molecule has 1 fully saturated rings. The van der Waals surface area contributed by atoms with Gasteiger partial charge >= 0.3 is 12.1 Å². The summed E-state index contributed by atoms with van der Waals surface area (Å²) in [5.41, 5.74) is -1.86. The number of hydrogen-bond donors (Lipinski definition) is 2. The Bertz CT molecular complexity index is 337. The summed E-state index contributed by atoms with van der Waals surface area (Å²) >= 11 is 0. The van der Waals surface area contributed by atoms with E-state index in [1.807, 2.05) is 11.8 Å². The third-order valence-corrected chi connectivity index (χ3v) is 2.95. The summed E-state index contributed by atoms with van der Waals surface area (Å²) in [4.78, 5) is 25.1. The number of carboxylic acids is 1. The van der Waals surface area contributed by atoms with E-state index in [9.17, 15) is 14.7 Å². The second-order valence-electron chi connectivity index (χ2n) is 5.63. The smallest absolute Gasteiger partial charge is 0.408 e. The first-order valence-electron chi connectivity index (χ1n) is 6.15. The fourth-order valence-corrected chi connectivity index (χ4v) is 1.99. The van der Waals surface area contributed by atoms with Crippen LogP contribution in [0.15, 0.2) is 0 Å². The molecule has 2 N–H and O–H groups in total. The molecule has 104 valence electrons. The number of nitrogens with zero attached hydrogens (tertiary/aromatic N) is 1. The van der Waals surface area contributed by atoms with Crippen molar-refractivity contribution < 1.29 is 19.4 Å². The zero-order chi connectivity index (χ0) is 14.0. The molecule has 18 heavy (non-hydrogen) atoms. The largest absolute Gasteiger partial charge is 0.479 e. The van der Waals surface area contributed by atoms with Gasteiger partial charge in [-0.15, -0.1) is 0 Å². The molecule has 0 saturated carbocycles. The Hall–Kier alpha value is -1.30. The number of ether oxygens (including phenoxy) is 1. The van der Waals surface area contributed by atoms with Crippen LogP contribution in [0.25, 0.3) is 0 Å². The van der Waals surface area contributed by atoms with E-state index in [2.05, 4.69) is 5.32 Å². The quantitative estimate of drug-likeness (QED) is 0.791. The summed E-state index contributed by atoms with van der Waals surface area (Å²) in [6, 6.07) is 0. The molecular formula is C12H22N2O4. The highest BCUT2D eigenvalue weighted by molar-refractivity contribution is 5.85. The Morgan fingerprint density at radius 2 is 2.06 bits per heavy atom. The molecule has 1 saturated heterocycles. The second kappa shape index (κ2) is 5.14. The van der Waals surface area contributed by atoms with Crippen LogP contribution in [0.1, 0.15) is 34.1 Å². The number of alkyl carbamates (subject to hydrolysis) is 1. The van der Waals surface area contributed by atoms with Gasteiger partial charge in [-0.05, 0) is 33.7 Å². The van der Waals surface area contributed by atoms with Crippen molar-refractivity contribution in [2.24, 2.45) is 0 Å². The molecule has 6 nitrogen and oxygen atoms in total. The number of carbonyl (C=O) groups is 2. The van der Waals surface area contributed by atoms with Crippen molar-refractivity contribution in [3.8, 4) is 0 Å². The van der Waals surface area contributed by atoms with Crippen LogP contribution < -0.4 is 5.32 Å². The Labute approximate surface area is 107 Å². The Kier molecular flexibility index (Phi) is 4.21. The molecule has 0 bridgehead atoms. The molecule has 0 aromatic rings. The zero-order valence-electron chi connectivity index (χ0n) is 11.4. The number of amides is 1. The minimum Gasteiger partial charge on any atom is -0.479 e. The van der Waals surface area contributed by atoms with Gasteiger partial charge in [-0.2, -0.15) is 0 Å². The van der Waals surface area contributed by atoms with Gasteiger partial charge in [-0.3, -0.25) is 0 Å². The van der Waals surface area contributed by atoms with Gasteiger partial charge in [0.05, 0.1) is 0 Å². The SMILES string of the molecule is CCN1CCC(NC(=O)OC(C)(C)C)(C(=O)O)C1. The molecule has 0 aromatic heterocycles. The van der Waals surface area contributed by atoms with Crippen molar-refractivity contribution in [1.29, 1.82) is 0 Å². The Balaban J connectivity index is 2.71. The molecule has 0 spiro atoms. The summed E-state index contributed by atoms with van der Waals surface area (Å²) in [5, 5.41) is 11.8. The van der Waals surface area contributed by atoms with Crippen molar-refractivity contribution in [3.05, 3.63) is 0 Å². The van der Waals surface area contributed by atoms with Crippen LogP contribution in [-0.2, 0) is 9.53 Å². The molecule has 1 amide bonds. The molecule has 1 heterocycles. The molecule has 1 aliphatic rings. The Morgan fingerprint density at radius 1 is 1.44 bits per heavy atom. The average Bonchev–Trinajstić information content (AvgIpc) is 2.59. The third kappa shape index (κ3) is 3.60. The first kappa shape index (κ1) is 14.8. The van der Waals surface area contributed by atoms with Crippen LogP contribution in [0, 0.1) is 0 Å². The molecule has 1 atom stereocenters. The molecular weight excluding hydrogens is 236 g/mol. The van der Waals surface area contributed by atoms with Crippen molar-refractivity contribution in [1.82, 2.24) is 10.2 Å². The zero-order valence-corrected chi connectivity index (χ0v) is 11.4. The highest BCUT2D eigenvalue weighted by Crippen LogP contribution is 2.22. The van der Waals surface area contributed by atoms with E-state index in [1.165, 1.54) is 0 Å². The molecule has 1 aliphatic heterocycles. The minimum absolute atomic E-state index is 0.318. The highest BCUT2D eigenvalue weighted by Gasteiger charge is 2.46. The fraction of sp³-hybridized carbons (Fsp3) is 0.833. The number of likely N-dealkylation sites (N-methyl/N-ethyl adjacent to an activating group) is 1. The van der Waals surface area contributed by atoms with Gasteiger partial charge in [0, 0.05) is 13.1 Å². The van der Waals surface area contributed by atoms with Gasteiger partial charge in [0.1, 0.15) is 5.60 Å². The maximum Gasteiger partial charge on any atom is 0.408 e. The van der Waals surface area contributed by atoms with E-state index in [0.29, 0.717) is 19.5 Å². The summed E-state index contributed by atoms with van der Waals surface area (Å²) in [6.07, 6.45) is -0.280. The number of nitrogens with one attached hydrogen (secondary N) is 1. The molecule has 0 aliphatic carbocycles. The lowest BCUT2D eigenvalue weighted by molar-refractivity contribution is -0.144. The molecule has 1 unspecified atom stereocenters. The first-order chi connectivity index (χ1) is 8.18. The lowest BCUT2D eigenvalue weighted by Gasteiger charge is -2.28. The van der Waals surface area contributed by atoms with Crippen LogP contribution in [-0.4, -0.2) is 52.8 Å². The maximum atomic E-state index is 11.7. The van der Waals surface area contributed by atoms with Crippen LogP contribution in [0.3, 0.4) is 0 Å². The maximum absolute atomic E-state index is 11.7. The fourth-order valence-electron chi connectivity index (χ4n) is 1.99. The van der Waals surface area contributed by atoms with E-state index >= 15 is 0 Å². The molecule has 1 rings (SSSR count). The van der Waals surface area contributed by atoms with E-state index in [0.717, 1.165) is 6.54 Å². The van der Waals surface area contributed by atoms with Crippen molar-refractivity contribution in [2.75, 3.05) is 19.6 Å². The van der Waals surface area contributed by atoms with Gasteiger partial charge < -0.3 is 20.1 Å². The number of carbonyl (C=O) groups excluding carboxylic acids is 1. The van der Waals surface area contributed by atoms with Crippen molar-refractivity contribution in [2.45, 2.75) is 45.3 Å². The van der Waals surface area contributed by atoms with Gasteiger partial charge in [0.15, 0.2) is 5.54 Å². The summed E-state index contributed by atoms with van der Waals surface area (Å²) in [7, 11) is 0. The predicted molar refractivity (Wildman–Crippen MR) is 66.5 cm³/mol. The number of aliphatic carboxylic acids is 1. The number of hydrogen-bond acceptors (Lipinski definition) is 4. The van der Waals surface area contributed by atoms with E-state index < -0.39 is 23.2 Å². The number of likely N-dealkylation sites (tertiary alicyclic amines) is 1. The van der Waals surface area contributed by atoms with Crippen LogP contribution >= 0.6 is 0 Å². The monoisotopic (exact) mass is 258 g/mol. The number of carboxylic acid groups (broad SMARTS) is 1. The van der Waals surface area contributed by atoms with Gasteiger partial charge in [0.2, 0.25) is 0 Å². The third-order valence-electron chi connectivity index (χ3n) is 2.95. The van der Waals surface area contributed by atoms with Crippen LogP contribution in [0.5, 0.6) is 0 Å². The van der Waals surface area contributed by atoms with E-state index in [-0.39, 0.29) is 0 Å². The normalized spacial score (nSPS) is 24.9. The molecule has 0 radical (unpaired) electrons.